The molecule has 186 valence electrons. The van der Waals surface area contributed by atoms with Crippen LogP contribution in [0.4, 0.5) is 10.1 Å². The Morgan fingerprint density at radius 3 is 2.42 bits per heavy atom. The van der Waals surface area contributed by atoms with E-state index in [4.69, 9.17) is 5.26 Å². The Morgan fingerprint density at radius 2 is 1.78 bits per heavy atom. The maximum atomic E-state index is 14.9. The topological polar surface area (TPSA) is 107 Å². The number of carbonyl (C=O) groups is 2. The van der Waals surface area contributed by atoms with Gasteiger partial charge in [-0.2, -0.15) is 5.26 Å². The van der Waals surface area contributed by atoms with Gasteiger partial charge >= 0.3 is 11.8 Å². The summed E-state index contributed by atoms with van der Waals surface area (Å²) in [6, 6.07) is 18.9. The van der Waals surface area contributed by atoms with Gasteiger partial charge in [0.1, 0.15) is 5.82 Å². The number of nitrogens with one attached hydrogen (secondary N) is 1. The summed E-state index contributed by atoms with van der Waals surface area (Å²) in [6.45, 7) is 4.20. The molecule has 0 aliphatic heterocycles. The summed E-state index contributed by atoms with van der Waals surface area (Å²) in [7, 11) is -3.54. The number of sulfone groups is 1. The fourth-order valence-corrected chi connectivity index (χ4v) is 4.66. The molecule has 36 heavy (non-hydrogen) atoms. The van der Waals surface area contributed by atoms with Crippen molar-refractivity contribution in [2.24, 2.45) is 5.92 Å². The molecule has 3 aromatic carbocycles. The minimum atomic E-state index is -3.54. The highest BCUT2D eigenvalue weighted by Crippen LogP contribution is 2.30. The number of hydrogen-bond acceptors (Lipinski definition) is 5. The second-order valence-electron chi connectivity index (χ2n) is 8.81. The Bertz CT molecular complexity index is 1450. The monoisotopic (exact) mass is 507 g/mol. The van der Waals surface area contributed by atoms with E-state index >= 15 is 0 Å². The molecule has 9 heteroatoms. The minimum absolute atomic E-state index is 0.0566. The van der Waals surface area contributed by atoms with Gasteiger partial charge in [-0.1, -0.05) is 50.2 Å². The van der Waals surface area contributed by atoms with Crippen LogP contribution in [0.5, 0.6) is 0 Å². The Hall–Kier alpha value is -4.03. The molecule has 0 aliphatic carbocycles. The third-order valence-corrected chi connectivity index (χ3v) is 6.47. The van der Waals surface area contributed by atoms with E-state index < -0.39 is 27.5 Å². The highest BCUT2D eigenvalue weighted by atomic mass is 32.2. The molecular weight excluding hydrogens is 481 g/mol. The van der Waals surface area contributed by atoms with Crippen molar-refractivity contribution >= 4 is 27.3 Å². The van der Waals surface area contributed by atoms with Gasteiger partial charge in [0.2, 0.25) is 0 Å². The van der Waals surface area contributed by atoms with E-state index in [1.54, 1.807) is 42.5 Å². The average molecular weight is 508 g/mol. The van der Waals surface area contributed by atoms with Gasteiger partial charge in [-0.3, -0.25) is 9.59 Å². The Balaban J connectivity index is 1.82. The molecule has 3 rings (SSSR count). The van der Waals surface area contributed by atoms with Crippen LogP contribution in [0.1, 0.15) is 25.0 Å². The second-order valence-corrected chi connectivity index (χ2v) is 10.8. The lowest BCUT2D eigenvalue weighted by Gasteiger charge is -2.24. The molecule has 0 saturated heterocycles. The fourth-order valence-electron chi connectivity index (χ4n) is 3.75. The first-order chi connectivity index (χ1) is 17.0. The van der Waals surface area contributed by atoms with Gasteiger partial charge in [0.05, 0.1) is 22.2 Å². The van der Waals surface area contributed by atoms with Crippen LogP contribution in [-0.2, 0) is 26.0 Å². The van der Waals surface area contributed by atoms with E-state index in [1.807, 2.05) is 19.9 Å². The van der Waals surface area contributed by atoms with Crippen LogP contribution in [0, 0.1) is 23.1 Å². The number of anilines is 1. The summed E-state index contributed by atoms with van der Waals surface area (Å²) in [5.74, 6) is -2.59. The van der Waals surface area contributed by atoms with Crippen molar-refractivity contribution in [2.75, 3.05) is 18.1 Å². The van der Waals surface area contributed by atoms with E-state index in [1.165, 1.54) is 23.1 Å². The zero-order chi connectivity index (χ0) is 26.5. The summed E-state index contributed by atoms with van der Waals surface area (Å²) >= 11 is 0. The lowest BCUT2D eigenvalue weighted by molar-refractivity contribution is -0.143. The Kier molecular flexibility index (Phi) is 8.22. The molecule has 0 fully saturated rings. The number of nitriles is 1. The van der Waals surface area contributed by atoms with Crippen LogP contribution in [0.15, 0.2) is 71.6 Å². The molecule has 0 unspecified atom stereocenters. The number of rotatable bonds is 7. The van der Waals surface area contributed by atoms with Crippen molar-refractivity contribution in [1.29, 1.82) is 5.26 Å². The molecule has 0 heterocycles. The fraction of sp³-hybridized carbons (Fsp3) is 0.222. The zero-order valence-electron chi connectivity index (χ0n) is 20.2. The zero-order valence-corrected chi connectivity index (χ0v) is 21.0. The summed E-state index contributed by atoms with van der Waals surface area (Å²) in [4.78, 5) is 27.1. The molecule has 0 atom stereocenters. The maximum absolute atomic E-state index is 14.9. The minimum Gasteiger partial charge on any atom is -0.330 e. The molecule has 0 saturated carbocycles. The third kappa shape index (κ3) is 6.55. The first kappa shape index (κ1) is 26.6. The summed E-state index contributed by atoms with van der Waals surface area (Å²) in [5.41, 5.74) is 1.57. The molecule has 0 radical (unpaired) electrons. The molecule has 0 aromatic heterocycles. The standard InChI is InChI=1S/C27H26FN3O4S/c1-18(2)16-31(17-20-8-6-7-19(13-20)15-29)27(33)26(32)30-24-12-11-21(14-23(24)28)22-9-4-5-10-25(22)36(3,34)35/h4-14,18H,16-17H2,1-3H3,(H,30,32). The smallest absolute Gasteiger partial charge is 0.313 e. The summed E-state index contributed by atoms with van der Waals surface area (Å²) < 4.78 is 39.1. The van der Waals surface area contributed by atoms with Gasteiger partial charge in [-0.05, 0) is 47.4 Å². The third-order valence-electron chi connectivity index (χ3n) is 5.31. The van der Waals surface area contributed by atoms with Crippen LogP contribution < -0.4 is 5.32 Å². The van der Waals surface area contributed by atoms with Gasteiger partial charge in [0, 0.05) is 24.9 Å². The predicted molar refractivity (Wildman–Crippen MR) is 135 cm³/mol. The highest BCUT2D eigenvalue weighted by Gasteiger charge is 2.24. The van der Waals surface area contributed by atoms with Crippen molar-refractivity contribution < 1.29 is 22.4 Å². The Labute approximate surface area is 210 Å². The molecule has 0 spiro atoms. The molecule has 0 bridgehead atoms. The number of carbonyl (C=O) groups excluding carboxylic acids is 2. The van der Waals surface area contributed by atoms with E-state index in [2.05, 4.69) is 5.32 Å². The SMILES string of the molecule is CC(C)CN(Cc1cccc(C#N)c1)C(=O)C(=O)Nc1ccc(-c2ccccc2S(C)(=O)=O)cc1F. The summed E-state index contributed by atoms with van der Waals surface area (Å²) in [6.07, 6.45) is 1.07. The molecule has 7 nitrogen and oxygen atoms in total. The van der Waals surface area contributed by atoms with Crippen LogP contribution in [0.25, 0.3) is 11.1 Å². The van der Waals surface area contributed by atoms with Gasteiger partial charge < -0.3 is 10.2 Å². The highest BCUT2D eigenvalue weighted by molar-refractivity contribution is 7.90. The molecular formula is C27H26FN3O4S. The lowest BCUT2D eigenvalue weighted by Crippen LogP contribution is -2.41. The first-order valence-corrected chi connectivity index (χ1v) is 13.1. The lowest BCUT2D eigenvalue weighted by atomic mass is 10.0. The summed E-state index contributed by atoms with van der Waals surface area (Å²) in [5, 5.41) is 11.4. The quantitative estimate of drug-likeness (QED) is 0.477. The van der Waals surface area contributed by atoms with Crippen LogP contribution >= 0.6 is 0 Å². The molecule has 1 N–H and O–H groups in total. The van der Waals surface area contributed by atoms with Gasteiger partial charge in [-0.15, -0.1) is 0 Å². The first-order valence-electron chi connectivity index (χ1n) is 11.2. The van der Waals surface area contributed by atoms with E-state index in [9.17, 15) is 22.4 Å². The predicted octanol–water partition coefficient (Wildman–Crippen LogP) is 4.39. The number of amides is 2. The number of benzene rings is 3. The van der Waals surface area contributed by atoms with Gasteiger partial charge in [0.15, 0.2) is 9.84 Å². The van der Waals surface area contributed by atoms with Crippen molar-refractivity contribution in [1.82, 2.24) is 4.90 Å². The van der Waals surface area contributed by atoms with E-state index in [0.717, 1.165) is 12.3 Å². The molecule has 0 aliphatic rings. The van der Waals surface area contributed by atoms with Crippen LogP contribution in [0.3, 0.4) is 0 Å². The molecule has 3 aromatic rings. The van der Waals surface area contributed by atoms with Crippen molar-refractivity contribution in [3.63, 3.8) is 0 Å². The van der Waals surface area contributed by atoms with Gasteiger partial charge in [0.25, 0.3) is 0 Å². The average Bonchev–Trinajstić information content (AvgIpc) is 2.83. The maximum Gasteiger partial charge on any atom is 0.313 e. The number of nitrogens with zero attached hydrogens (tertiary/aromatic N) is 2. The normalized spacial score (nSPS) is 11.1. The van der Waals surface area contributed by atoms with Gasteiger partial charge in [-0.25, -0.2) is 12.8 Å². The van der Waals surface area contributed by atoms with E-state index in [0.29, 0.717) is 22.3 Å². The van der Waals surface area contributed by atoms with E-state index in [-0.39, 0.29) is 29.6 Å². The molecule has 2 amide bonds. The second kappa shape index (κ2) is 11.1. The van der Waals surface area contributed by atoms with Crippen molar-refractivity contribution in [2.45, 2.75) is 25.3 Å². The number of hydrogen-bond donors (Lipinski definition) is 1. The largest absolute Gasteiger partial charge is 0.330 e. The van der Waals surface area contributed by atoms with Crippen molar-refractivity contribution in [3.8, 4) is 17.2 Å². The Morgan fingerprint density at radius 1 is 1.06 bits per heavy atom. The number of halogens is 1. The van der Waals surface area contributed by atoms with Crippen LogP contribution in [-0.4, -0.2) is 37.9 Å². The van der Waals surface area contributed by atoms with Crippen LogP contribution in [0.2, 0.25) is 0 Å². The van der Waals surface area contributed by atoms with Crippen molar-refractivity contribution in [3.05, 3.63) is 83.7 Å².